The first-order valence-electron chi connectivity index (χ1n) is 7.04. The van der Waals surface area contributed by atoms with Crippen LogP contribution in [0.5, 0.6) is 5.75 Å². The SMILES string of the molecule is CNCCC1CCN(C(=O)c2ccc(Br)c(O)c2)CC1. The van der Waals surface area contributed by atoms with E-state index in [0.29, 0.717) is 16.0 Å². The van der Waals surface area contributed by atoms with Gasteiger partial charge >= 0.3 is 0 Å². The van der Waals surface area contributed by atoms with Gasteiger partial charge in [-0.05, 0) is 72.9 Å². The lowest BCUT2D eigenvalue weighted by Gasteiger charge is -2.32. The number of hydrogen-bond donors (Lipinski definition) is 2. The van der Waals surface area contributed by atoms with Crippen LogP contribution in [0.15, 0.2) is 22.7 Å². The molecule has 0 radical (unpaired) electrons. The molecule has 2 N–H and O–H groups in total. The van der Waals surface area contributed by atoms with Gasteiger partial charge in [0.25, 0.3) is 5.91 Å². The van der Waals surface area contributed by atoms with Gasteiger partial charge in [-0.3, -0.25) is 4.79 Å². The predicted molar refractivity (Wildman–Crippen MR) is 83.0 cm³/mol. The fraction of sp³-hybridized carbons (Fsp3) is 0.533. The standard InChI is InChI=1S/C15H21BrN2O2/c1-17-7-4-11-5-8-18(9-6-11)15(20)12-2-3-13(16)14(19)10-12/h2-3,10-11,17,19H,4-9H2,1H3. The van der Waals surface area contributed by atoms with E-state index < -0.39 is 0 Å². The molecule has 110 valence electrons. The Morgan fingerprint density at radius 2 is 2.15 bits per heavy atom. The van der Waals surface area contributed by atoms with Gasteiger partial charge in [-0.25, -0.2) is 0 Å². The Hall–Kier alpha value is -1.07. The fourth-order valence-electron chi connectivity index (χ4n) is 2.60. The molecule has 1 saturated heterocycles. The molecule has 1 aromatic rings. The zero-order chi connectivity index (χ0) is 14.5. The van der Waals surface area contributed by atoms with Crippen molar-refractivity contribution in [2.45, 2.75) is 19.3 Å². The van der Waals surface area contributed by atoms with Gasteiger partial charge in [0, 0.05) is 18.7 Å². The van der Waals surface area contributed by atoms with Crippen molar-refractivity contribution in [3.8, 4) is 5.75 Å². The molecule has 20 heavy (non-hydrogen) atoms. The molecule has 1 aliphatic rings. The van der Waals surface area contributed by atoms with Gasteiger partial charge in [-0.2, -0.15) is 0 Å². The van der Waals surface area contributed by atoms with Crippen LogP contribution in [0.25, 0.3) is 0 Å². The van der Waals surface area contributed by atoms with Crippen LogP contribution in [0.2, 0.25) is 0 Å². The Morgan fingerprint density at radius 3 is 2.75 bits per heavy atom. The molecule has 4 nitrogen and oxygen atoms in total. The molecule has 1 fully saturated rings. The van der Waals surface area contributed by atoms with Gasteiger partial charge in [0.05, 0.1) is 4.47 Å². The van der Waals surface area contributed by atoms with E-state index in [4.69, 9.17) is 0 Å². The third-order valence-corrected chi connectivity index (χ3v) is 4.57. The number of likely N-dealkylation sites (tertiary alicyclic amines) is 1. The number of carbonyl (C=O) groups is 1. The lowest BCUT2D eigenvalue weighted by atomic mass is 9.93. The summed E-state index contributed by atoms with van der Waals surface area (Å²) in [6.45, 7) is 2.66. The summed E-state index contributed by atoms with van der Waals surface area (Å²) in [6, 6.07) is 4.99. The molecule has 0 aliphatic carbocycles. The van der Waals surface area contributed by atoms with Crippen molar-refractivity contribution >= 4 is 21.8 Å². The van der Waals surface area contributed by atoms with Gasteiger partial charge in [0.1, 0.15) is 5.75 Å². The van der Waals surface area contributed by atoms with Crippen LogP contribution in [-0.4, -0.2) is 42.6 Å². The van der Waals surface area contributed by atoms with Gasteiger partial charge < -0.3 is 15.3 Å². The highest BCUT2D eigenvalue weighted by molar-refractivity contribution is 9.10. The second kappa shape index (κ2) is 7.09. The minimum absolute atomic E-state index is 0.0138. The van der Waals surface area contributed by atoms with Crippen LogP contribution in [-0.2, 0) is 0 Å². The lowest BCUT2D eigenvalue weighted by Crippen LogP contribution is -2.38. The molecule has 0 unspecified atom stereocenters. The van der Waals surface area contributed by atoms with Crippen LogP contribution in [0.4, 0.5) is 0 Å². The van der Waals surface area contributed by atoms with Crippen LogP contribution in [0, 0.1) is 5.92 Å². The highest BCUT2D eigenvalue weighted by Crippen LogP contribution is 2.26. The second-order valence-corrected chi connectivity index (χ2v) is 6.15. The highest BCUT2D eigenvalue weighted by Gasteiger charge is 2.23. The van der Waals surface area contributed by atoms with Crippen LogP contribution < -0.4 is 5.32 Å². The number of phenolic OH excluding ortho intramolecular Hbond substituents is 1. The zero-order valence-electron chi connectivity index (χ0n) is 11.7. The quantitative estimate of drug-likeness (QED) is 0.885. The average Bonchev–Trinajstić information content (AvgIpc) is 2.48. The van der Waals surface area contributed by atoms with E-state index in [0.717, 1.165) is 32.5 Å². The summed E-state index contributed by atoms with van der Waals surface area (Å²) in [7, 11) is 1.97. The largest absolute Gasteiger partial charge is 0.507 e. The summed E-state index contributed by atoms with van der Waals surface area (Å²) in [5.41, 5.74) is 0.555. The third-order valence-electron chi connectivity index (χ3n) is 3.90. The van der Waals surface area contributed by atoms with E-state index in [-0.39, 0.29) is 11.7 Å². The number of phenols is 1. The number of benzene rings is 1. The zero-order valence-corrected chi connectivity index (χ0v) is 13.3. The Morgan fingerprint density at radius 1 is 1.45 bits per heavy atom. The van der Waals surface area contributed by atoms with Crippen molar-refractivity contribution in [3.05, 3.63) is 28.2 Å². The molecule has 0 aromatic heterocycles. The van der Waals surface area contributed by atoms with Crippen LogP contribution >= 0.6 is 15.9 Å². The first-order valence-corrected chi connectivity index (χ1v) is 7.83. The van der Waals surface area contributed by atoms with Crippen molar-refractivity contribution < 1.29 is 9.90 Å². The van der Waals surface area contributed by atoms with Crippen molar-refractivity contribution in [1.82, 2.24) is 10.2 Å². The molecule has 1 heterocycles. The van der Waals surface area contributed by atoms with E-state index >= 15 is 0 Å². The Kier molecular flexibility index (Phi) is 5.43. The van der Waals surface area contributed by atoms with Crippen molar-refractivity contribution in [2.75, 3.05) is 26.7 Å². The van der Waals surface area contributed by atoms with E-state index in [1.54, 1.807) is 12.1 Å². The number of nitrogens with one attached hydrogen (secondary N) is 1. The summed E-state index contributed by atoms with van der Waals surface area (Å²) in [5.74, 6) is 0.837. The van der Waals surface area contributed by atoms with Gasteiger partial charge in [0.15, 0.2) is 0 Å². The molecule has 0 saturated carbocycles. The maximum absolute atomic E-state index is 12.4. The molecular formula is C15H21BrN2O2. The number of rotatable bonds is 4. The normalized spacial score (nSPS) is 16.4. The summed E-state index contributed by atoms with van der Waals surface area (Å²) in [4.78, 5) is 14.3. The minimum Gasteiger partial charge on any atom is -0.507 e. The molecule has 0 spiro atoms. The number of amides is 1. The summed E-state index contributed by atoms with van der Waals surface area (Å²) in [5, 5.41) is 12.8. The van der Waals surface area contributed by atoms with Crippen LogP contribution in [0.3, 0.4) is 0 Å². The van der Waals surface area contributed by atoms with E-state index in [1.807, 2.05) is 11.9 Å². The van der Waals surface area contributed by atoms with Crippen LogP contribution in [0.1, 0.15) is 29.6 Å². The summed E-state index contributed by atoms with van der Waals surface area (Å²) >= 11 is 3.23. The van der Waals surface area contributed by atoms with Crippen molar-refractivity contribution in [1.29, 1.82) is 0 Å². The Labute approximate surface area is 128 Å². The van der Waals surface area contributed by atoms with Gasteiger partial charge in [-0.15, -0.1) is 0 Å². The third kappa shape index (κ3) is 3.73. The molecule has 0 bridgehead atoms. The number of hydrogen-bond acceptors (Lipinski definition) is 3. The highest BCUT2D eigenvalue weighted by atomic mass is 79.9. The fourth-order valence-corrected chi connectivity index (χ4v) is 2.85. The minimum atomic E-state index is 0.0138. The smallest absolute Gasteiger partial charge is 0.253 e. The first kappa shape index (κ1) is 15.3. The number of halogens is 1. The van der Waals surface area contributed by atoms with Gasteiger partial charge in [0.2, 0.25) is 0 Å². The Bertz CT molecular complexity index is 471. The Balaban J connectivity index is 1.92. The van der Waals surface area contributed by atoms with Crippen molar-refractivity contribution in [3.63, 3.8) is 0 Å². The predicted octanol–water partition coefficient (Wildman–Crippen LogP) is 2.62. The van der Waals surface area contributed by atoms with Gasteiger partial charge in [-0.1, -0.05) is 0 Å². The summed E-state index contributed by atoms with van der Waals surface area (Å²) in [6.07, 6.45) is 3.31. The molecule has 0 atom stereocenters. The van der Waals surface area contributed by atoms with E-state index in [1.165, 1.54) is 12.5 Å². The van der Waals surface area contributed by atoms with Crippen molar-refractivity contribution in [2.24, 2.45) is 5.92 Å². The maximum Gasteiger partial charge on any atom is 0.253 e. The monoisotopic (exact) mass is 340 g/mol. The number of carbonyl (C=O) groups excluding carboxylic acids is 1. The lowest BCUT2D eigenvalue weighted by molar-refractivity contribution is 0.0686. The molecule has 2 rings (SSSR count). The average molecular weight is 341 g/mol. The summed E-state index contributed by atoms with van der Waals surface area (Å²) < 4.78 is 0.611. The number of piperidine rings is 1. The van der Waals surface area contributed by atoms with E-state index in [2.05, 4.69) is 21.2 Å². The number of aromatic hydroxyl groups is 1. The van der Waals surface area contributed by atoms with E-state index in [9.17, 15) is 9.90 Å². The molecule has 1 amide bonds. The second-order valence-electron chi connectivity index (χ2n) is 5.29. The first-order chi connectivity index (χ1) is 9.61. The molecule has 5 heteroatoms. The topological polar surface area (TPSA) is 52.6 Å². The molecule has 1 aromatic carbocycles. The molecular weight excluding hydrogens is 320 g/mol. The maximum atomic E-state index is 12.4. The molecule has 1 aliphatic heterocycles. The number of nitrogens with zero attached hydrogens (tertiary/aromatic N) is 1.